The number of nitrogens with zero attached hydrogens (tertiary/aromatic N) is 3. The Morgan fingerprint density at radius 2 is 1.61 bits per heavy atom. The number of imidazole rings is 1. The van der Waals surface area contributed by atoms with Crippen molar-refractivity contribution in [3.05, 3.63) is 120 Å². The van der Waals surface area contributed by atoms with E-state index in [1.165, 1.54) is 16.3 Å². The van der Waals surface area contributed by atoms with E-state index in [9.17, 15) is 4.79 Å². The number of hydrogen-bond acceptors (Lipinski definition) is 2. The highest BCUT2D eigenvalue weighted by Crippen LogP contribution is 2.34. The van der Waals surface area contributed by atoms with E-state index in [4.69, 9.17) is 5.73 Å². The van der Waals surface area contributed by atoms with Crippen molar-refractivity contribution in [2.24, 2.45) is 5.73 Å². The zero-order valence-electron chi connectivity index (χ0n) is 20.1. The molecule has 0 saturated heterocycles. The zero-order chi connectivity index (χ0) is 24.6. The molecule has 6 aromatic rings. The van der Waals surface area contributed by atoms with Gasteiger partial charge < -0.3 is 14.9 Å². The molecule has 4 aromatic carbocycles. The molecule has 0 unspecified atom stereocenters. The molecule has 5 nitrogen and oxygen atoms in total. The number of amides is 1. The molecule has 176 valence electrons. The molecule has 1 amide bonds. The van der Waals surface area contributed by atoms with Crippen molar-refractivity contribution in [2.75, 3.05) is 0 Å². The number of carbonyl (C=O) groups is 1. The summed E-state index contributed by atoms with van der Waals surface area (Å²) in [5, 5.41) is 4.70. The van der Waals surface area contributed by atoms with Gasteiger partial charge in [-0.3, -0.25) is 4.79 Å². The van der Waals surface area contributed by atoms with Gasteiger partial charge in [0.1, 0.15) is 5.82 Å². The van der Waals surface area contributed by atoms with E-state index >= 15 is 0 Å². The molecule has 2 N–H and O–H groups in total. The maximum Gasteiger partial charge on any atom is 0.251 e. The first kappa shape index (κ1) is 21.9. The van der Waals surface area contributed by atoms with Crippen LogP contribution in [0.5, 0.6) is 0 Å². The summed E-state index contributed by atoms with van der Waals surface area (Å²) in [6.07, 6.45) is 6.57. The predicted molar refractivity (Wildman–Crippen MR) is 145 cm³/mol. The fraction of sp³-hybridized carbons (Fsp3) is 0.0968. The number of aromatic nitrogens is 3. The van der Waals surface area contributed by atoms with Gasteiger partial charge in [0, 0.05) is 24.0 Å². The minimum atomic E-state index is -0.434. The standard InChI is InChI=1S/C31H26N4O/c1-21-30(31(32)36)28(27-12-6-10-24-8-4-5-11-26(24)27)19-35(21)29-18-33-20-34(29)16-15-22-13-14-23-7-2-3-9-25(23)17-22/h2-14,17-20H,15-16H2,1H3,(H2,32,36). The summed E-state index contributed by atoms with van der Waals surface area (Å²) in [5.41, 5.74) is 10.3. The van der Waals surface area contributed by atoms with Gasteiger partial charge in [0.05, 0.1) is 18.1 Å². The molecule has 2 heterocycles. The average Bonchev–Trinajstić information content (AvgIpc) is 3.50. The largest absolute Gasteiger partial charge is 0.366 e. The molecule has 0 saturated carbocycles. The van der Waals surface area contributed by atoms with E-state index < -0.39 is 5.91 Å². The Morgan fingerprint density at radius 3 is 2.44 bits per heavy atom. The molecule has 0 aliphatic rings. The van der Waals surface area contributed by atoms with Crippen molar-refractivity contribution in [3.8, 4) is 16.9 Å². The summed E-state index contributed by atoms with van der Waals surface area (Å²) < 4.78 is 4.16. The first-order chi connectivity index (χ1) is 17.6. The molecule has 0 radical (unpaired) electrons. The summed E-state index contributed by atoms with van der Waals surface area (Å²) in [6, 6.07) is 29.3. The fourth-order valence-corrected chi connectivity index (χ4v) is 5.15. The lowest BCUT2D eigenvalue weighted by molar-refractivity contribution is 0.100. The second-order valence-corrected chi connectivity index (χ2v) is 9.14. The third-order valence-electron chi connectivity index (χ3n) is 6.97. The van der Waals surface area contributed by atoms with Gasteiger partial charge in [-0.05, 0) is 46.0 Å². The molecule has 2 aromatic heterocycles. The van der Waals surface area contributed by atoms with Crippen LogP contribution < -0.4 is 5.73 Å². The Hall–Kier alpha value is -4.64. The van der Waals surface area contributed by atoms with Gasteiger partial charge in [-0.25, -0.2) is 4.98 Å². The van der Waals surface area contributed by atoms with Crippen molar-refractivity contribution in [2.45, 2.75) is 19.9 Å². The van der Waals surface area contributed by atoms with Crippen LogP contribution in [0.15, 0.2) is 104 Å². The minimum Gasteiger partial charge on any atom is -0.366 e. The molecule has 0 spiro atoms. The van der Waals surface area contributed by atoms with Crippen LogP contribution in [-0.4, -0.2) is 20.0 Å². The van der Waals surface area contributed by atoms with Gasteiger partial charge in [0.15, 0.2) is 0 Å². The number of fused-ring (bicyclic) bond motifs is 2. The first-order valence-electron chi connectivity index (χ1n) is 12.1. The monoisotopic (exact) mass is 470 g/mol. The van der Waals surface area contributed by atoms with Crippen molar-refractivity contribution in [1.82, 2.24) is 14.1 Å². The quantitative estimate of drug-likeness (QED) is 0.311. The lowest BCUT2D eigenvalue weighted by Gasteiger charge is -2.11. The SMILES string of the molecule is Cc1c(C(N)=O)c(-c2cccc3ccccc23)cn1-c1cncn1CCc1ccc2ccccc2c1. The van der Waals surface area contributed by atoms with Crippen molar-refractivity contribution in [1.29, 1.82) is 0 Å². The Balaban J connectivity index is 1.39. The molecular formula is C31H26N4O. The molecule has 36 heavy (non-hydrogen) atoms. The Bertz CT molecular complexity index is 1740. The molecule has 6 rings (SSSR count). The van der Waals surface area contributed by atoms with Gasteiger partial charge in [-0.1, -0.05) is 84.9 Å². The highest BCUT2D eigenvalue weighted by Gasteiger charge is 2.22. The second-order valence-electron chi connectivity index (χ2n) is 9.14. The van der Waals surface area contributed by atoms with Crippen molar-refractivity contribution in [3.63, 3.8) is 0 Å². The van der Waals surface area contributed by atoms with Gasteiger partial charge in [-0.15, -0.1) is 0 Å². The smallest absolute Gasteiger partial charge is 0.251 e. The molecule has 0 aliphatic heterocycles. The fourth-order valence-electron chi connectivity index (χ4n) is 5.15. The molecule has 0 aliphatic carbocycles. The minimum absolute atomic E-state index is 0.434. The van der Waals surface area contributed by atoms with Crippen LogP contribution in [0.1, 0.15) is 21.6 Å². The number of benzene rings is 4. The first-order valence-corrected chi connectivity index (χ1v) is 12.1. The topological polar surface area (TPSA) is 65.8 Å². The highest BCUT2D eigenvalue weighted by atomic mass is 16.1. The van der Waals surface area contributed by atoms with Crippen LogP contribution in [0, 0.1) is 6.92 Å². The maximum atomic E-state index is 12.6. The van der Waals surface area contributed by atoms with Crippen molar-refractivity contribution >= 4 is 27.5 Å². The normalized spacial score (nSPS) is 11.4. The Morgan fingerprint density at radius 1 is 0.861 bits per heavy atom. The van der Waals surface area contributed by atoms with Crippen LogP contribution in [0.25, 0.3) is 38.5 Å². The zero-order valence-corrected chi connectivity index (χ0v) is 20.1. The summed E-state index contributed by atoms with van der Waals surface area (Å²) in [5.74, 6) is 0.471. The van der Waals surface area contributed by atoms with E-state index in [0.717, 1.165) is 46.4 Å². The molecule has 5 heteroatoms. The third kappa shape index (κ3) is 3.75. The van der Waals surface area contributed by atoms with Crippen LogP contribution in [0.2, 0.25) is 0 Å². The number of hydrogen-bond donors (Lipinski definition) is 1. The number of rotatable bonds is 6. The predicted octanol–water partition coefficient (Wildman–Crippen LogP) is 6.30. The number of aryl methyl sites for hydroxylation is 2. The van der Waals surface area contributed by atoms with Crippen LogP contribution >= 0.6 is 0 Å². The molecular weight excluding hydrogens is 444 g/mol. The van der Waals surface area contributed by atoms with Crippen LogP contribution in [0.4, 0.5) is 0 Å². The second kappa shape index (κ2) is 8.86. The third-order valence-corrected chi connectivity index (χ3v) is 6.97. The van der Waals surface area contributed by atoms with E-state index in [1.807, 2.05) is 54.5 Å². The van der Waals surface area contributed by atoms with Gasteiger partial charge in [-0.2, -0.15) is 0 Å². The van der Waals surface area contributed by atoms with E-state index in [-0.39, 0.29) is 0 Å². The molecule has 0 atom stereocenters. The van der Waals surface area contributed by atoms with E-state index in [0.29, 0.717) is 5.56 Å². The van der Waals surface area contributed by atoms with Gasteiger partial charge in [0.2, 0.25) is 0 Å². The lowest BCUT2D eigenvalue weighted by atomic mass is 9.96. The summed E-state index contributed by atoms with van der Waals surface area (Å²) in [4.78, 5) is 17.1. The Kier molecular flexibility index (Phi) is 5.38. The highest BCUT2D eigenvalue weighted by molar-refractivity contribution is 6.06. The lowest BCUT2D eigenvalue weighted by Crippen LogP contribution is -2.14. The maximum absolute atomic E-state index is 12.6. The van der Waals surface area contributed by atoms with Gasteiger partial charge >= 0.3 is 0 Å². The summed E-state index contributed by atoms with van der Waals surface area (Å²) in [6.45, 7) is 2.70. The number of primary amides is 1. The molecule has 0 bridgehead atoms. The Labute approximate surface area is 209 Å². The summed E-state index contributed by atoms with van der Waals surface area (Å²) >= 11 is 0. The average molecular weight is 471 g/mol. The van der Waals surface area contributed by atoms with E-state index in [2.05, 4.69) is 70.2 Å². The molecule has 0 fully saturated rings. The summed E-state index contributed by atoms with van der Waals surface area (Å²) in [7, 11) is 0. The van der Waals surface area contributed by atoms with E-state index in [1.54, 1.807) is 0 Å². The van der Waals surface area contributed by atoms with Crippen LogP contribution in [-0.2, 0) is 13.0 Å². The van der Waals surface area contributed by atoms with Crippen molar-refractivity contribution < 1.29 is 4.79 Å². The number of carbonyl (C=O) groups excluding carboxylic acids is 1. The number of nitrogens with two attached hydrogens (primary N) is 1. The van der Waals surface area contributed by atoms with Crippen LogP contribution in [0.3, 0.4) is 0 Å². The van der Waals surface area contributed by atoms with Gasteiger partial charge in [0.25, 0.3) is 5.91 Å².